The Morgan fingerprint density at radius 2 is 2.00 bits per heavy atom. The number of anilines is 1. The quantitative estimate of drug-likeness (QED) is 0.803. The molecule has 0 bridgehead atoms. The van der Waals surface area contributed by atoms with Gasteiger partial charge in [0.1, 0.15) is 5.60 Å². The summed E-state index contributed by atoms with van der Waals surface area (Å²) in [5.41, 5.74) is 5.66. The molecule has 0 atom stereocenters. The number of halogens is 1. The number of hydrogen-bond acceptors (Lipinski definition) is 3. The lowest BCUT2D eigenvalue weighted by Crippen LogP contribution is -2.44. The largest absolute Gasteiger partial charge is 0.484 e. The fraction of sp³-hybridized carbons (Fsp3) is 0.538. The van der Waals surface area contributed by atoms with Gasteiger partial charge in [0.15, 0.2) is 11.6 Å². The second kappa shape index (κ2) is 4.53. The first-order valence-electron chi connectivity index (χ1n) is 5.91. The highest BCUT2D eigenvalue weighted by atomic mass is 19.1. The van der Waals surface area contributed by atoms with Crippen LogP contribution in [0.15, 0.2) is 18.2 Å². The number of nitrogens with zero attached hydrogens (tertiary/aromatic N) is 1. The minimum atomic E-state index is -0.384. The van der Waals surface area contributed by atoms with E-state index in [0.29, 0.717) is 11.4 Å². The minimum Gasteiger partial charge on any atom is -0.484 e. The predicted octanol–water partition coefficient (Wildman–Crippen LogP) is 2.27. The number of benzene rings is 1. The van der Waals surface area contributed by atoms with Crippen molar-refractivity contribution in [2.75, 3.05) is 25.9 Å². The molecule has 0 saturated carbocycles. The normalized spacial score (nSPS) is 20.2. The summed E-state index contributed by atoms with van der Waals surface area (Å²) in [4.78, 5) is 2.25. The maximum absolute atomic E-state index is 13.6. The van der Waals surface area contributed by atoms with Gasteiger partial charge in [-0.05, 0) is 38.9 Å². The molecule has 0 radical (unpaired) electrons. The van der Waals surface area contributed by atoms with Gasteiger partial charge in [-0.15, -0.1) is 0 Å². The monoisotopic (exact) mass is 238 g/mol. The molecule has 1 heterocycles. The summed E-state index contributed by atoms with van der Waals surface area (Å²) in [6.45, 7) is 4.00. The Hall–Kier alpha value is -1.29. The summed E-state index contributed by atoms with van der Waals surface area (Å²) in [7, 11) is 2.09. The smallest absolute Gasteiger partial charge is 0.167 e. The van der Waals surface area contributed by atoms with E-state index in [2.05, 4.69) is 11.9 Å². The molecule has 1 aliphatic heterocycles. The first kappa shape index (κ1) is 12.2. The molecular weight excluding hydrogens is 219 g/mol. The maximum atomic E-state index is 13.6. The van der Waals surface area contributed by atoms with Crippen LogP contribution < -0.4 is 10.5 Å². The van der Waals surface area contributed by atoms with E-state index in [1.165, 1.54) is 6.07 Å². The van der Waals surface area contributed by atoms with Crippen LogP contribution in [-0.2, 0) is 0 Å². The fourth-order valence-corrected chi connectivity index (χ4v) is 2.06. The van der Waals surface area contributed by atoms with Crippen molar-refractivity contribution in [1.29, 1.82) is 0 Å². The summed E-state index contributed by atoms with van der Waals surface area (Å²) in [6, 6.07) is 4.57. The van der Waals surface area contributed by atoms with Crippen molar-refractivity contribution in [2.24, 2.45) is 0 Å². The highest BCUT2D eigenvalue weighted by molar-refractivity contribution is 5.43. The lowest BCUT2D eigenvalue weighted by atomic mass is 9.93. The van der Waals surface area contributed by atoms with Gasteiger partial charge < -0.3 is 15.4 Å². The van der Waals surface area contributed by atoms with Crippen molar-refractivity contribution in [1.82, 2.24) is 4.90 Å². The molecule has 0 aliphatic carbocycles. The number of likely N-dealkylation sites (tertiary alicyclic amines) is 1. The molecule has 1 fully saturated rings. The van der Waals surface area contributed by atoms with Crippen LogP contribution in [0.3, 0.4) is 0 Å². The summed E-state index contributed by atoms with van der Waals surface area (Å²) < 4.78 is 19.5. The Balaban J connectivity index is 2.09. The molecule has 2 N–H and O–H groups in total. The average Bonchev–Trinajstić information content (AvgIpc) is 2.27. The molecule has 1 saturated heterocycles. The topological polar surface area (TPSA) is 38.5 Å². The second-order valence-corrected chi connectivity index (χ2v) is 5.05. The summed E-state index contributed by atoms with van der Waals surface area (Å²) in [5, 5.41) is 0. The maximum Gasteiger partial charge on any atom is 0.167 e. The number of hydrogen-bond donors (Lipinski definition) is 1. The van der Waals surface area contributed by atoms with Crippen molar-refractivity contribution >= 4 is 5.69 Å². The van der Waals surface area contributed by atoms with Gasteiger partial charge in [-0.3, -0.25) is 0 Å². The van der Waals surface area contributed by atoms with E-state index in [-0.39, 0.29) is 11.4 Å². The van der Waals surface area contributed by atoms with Gasteiger partial charge >= 0.3 is 0 Å². The molecule has 2 rings (SSSR count). The second-order valence-electron chi connectivity index (χ2n) is 5.05. The van der Waals surface area contributed by atoms with Crippen molar-refractivity contribution < 1.29 is 9.13 Å². The van der Waals surface area contributed by atoms with Gasteiger partial charge in [-0.1, -0.05) is 0 Å². The number of nitrogen functional groups attached to an aromatic ring is 1. The van der Waals surface area contributed by atoms with Crippen LogP contribution in [0, 0.1) is 5.82 Å². The van der Waals surface area contributed by atoms with Gasteiger partial charge in [0, 0.05) is 24.8 Å². The molecule has 1 aromatic carbocycles. The van der Waals surface area contributed by atoms with Crippen molar-refractivity contribution in [3.05, 3.63) is 24.0 Å². The average molecular weight is 238 g/mol. The molecule has 1 aromatic rings. The molecule has 0 amide bonds. The summed E-state index contributed by atoms with van der Waals surface area (Å²) in [5.74, 6) is -0.0867. The van der Waals surface area contributed by atoms with E-state index in [4.69, 9.17) is 10.5 Å². The molecule has 94 valence electrons. The Labute approximate surface area is 101 Å². The number of nitrogens with two attached hydrogens (primary N) is 1. The van der Waals surface area contributed by atoms with Crippen LogP contribution in [0.4, 0.5) is 10.1 Å². The zero-order valence-corrected chi connectivity index (χ0v) is 10.4. The van der Waals surface area contributed by atoms with Crippen LogP contribution in [0.1, 0.15) is 19.8 Å². The molecule has 0 unspecified atom stereocenters. The van der Waals surface area contributed by atoms with E-state index in [0.717, 1.165) is 25.9 Å². The third kappa shape index (κ3) is 2.88. The highest BCUT2D eigenvalue weighted by Crippen LogP contribution is 2.30. The first-order chi connectivity index (χ1) is 7.98. The molecule has 0 spiro atoms. The number of piperidine rings is 1. The minimum absolute atomic E-state index is 0.274. The van der Waals surface area contributed by atoms with Crippen LogP contribution in [0.5, 0.6) is 5.75 Å². The summed E-state index contributed by atoms with van der Waals surface area (Å²) in [6.07, 6.45) is 1.82. The Bertz CT molecular complexity index is 400. The Morgan fingerprint density at radius 3 is 2.59 bits per heavy atom. The molecule has 0 aromatic heterocycles. The lowest BCUT2D eigenvalue weighted by molar-refractivity contribution is 0.0210. The molecule has 17 heavy (non-hydrogen) atoms. The third-order valence-electron chi connectivity index (χ3n) is 3.36. The standard InChI is InChI=1S/C13H19FN2O/c1-13(5-7-16(2)8-6-13)17-12-4-3-10(15)9-11(12)14/h3-4,9H,5-8,15H2,1-2H3. The van der Waals surface area contributed by atoms with Gasteiger partial charge in [0.2, 0.25) is 0 Å². The summed E-state index contributed by atoms with van der Waals surface area (Å²) >= 11 is 0. The van der Waals surface area contributed by atoms with Crippen molar-refractivity contribution in [2.45, 2.75) is 25.4 Å². The van der Waals surface area contributed by atoms with Crippen molar-refractivity contribution in [3.8, 4) is 5.75 Å². The van der Waals surface area contributed by atoms with Crippen LogP contribution in [0.25, 0.3) is 0 Å². The van der Waals surface area contributed by atoms with Gasteiger partial charge in [0.05, 0.1) is 0 Å². The zero-order valence-electron chi connectivity index (χ0n) is 10.4. The Kier molecular flexibility index (Phi) is 3.24. The molecule has 4 heteroatoms. The number of ether oxygens (including phenoxy) is 1. The van der Waals surface area contributed by atoms with E-state index in [1.807, 2.05) is 6.92 Å². The molecule has 1 aliphatic rings. The van der Waals surface area contributed by atoms with E-state index < -0.39 is 0 Å². The fourth-order valence-electron chi connectivity index (χ4n) is 2.06. The predicted molar refractivity (Wildman–Crippen MR) is 66.6 cm³/mol. The van der Waals surface area contributed by atoms with Crippen LogP contribution >= 0.6 is 0 Å². The van der Waals surface area contributed by atoms with Crippen molar-refractivity contribution in [3.63, 3.8) is 0 Å². The number of rotatable bonds is 2. The highest BCUT2D eigenvalue weighted by Gasteiger charge is 2.31. The third-order valence-corrected chi connectivity index (χ3v) is 3.36. The Morgan fingerprint density at radius 1 is 1.35 bits per heavy atom. The van der Waals surface area contributed by atoms with Gasteiger partial charge in [-0.2, -0.15) is 0 Å². The van der Waals surface area contributed by atoms with E-state index in [9.17, 15) is 4.39 Å². The van der Waals surface area contributed by atoms with E-state index >= 15 is 0 Å². The van der Waals surface area contributed by atoms with Crippen LogP contribution in [-0.4, -0.2) is 30.6 Å². The lowest BCUT2D eigenvalue weighted by Gasteiger charge is -2.38. The van der Waals surface area contributed by atoms with E-state index in [1.54, 1.807) is 12.1 Å². The van der Waals surface area contributed by atoms with Gasteiger partial charge in [-0.25, -0.2) is 4.39 Å². The van der Waals surface area contributed by atoms with Gasteiger partial charge in [0.25, 0.3) is 0 Å². The SMILES string of the molecule is CN1CCC(C)(Oc2ccc(N)cc2F)CC1. The molecule has 3 nitrogen and oxygen atoms in total. The van der Waals surface area contributed by atoms with Crippen LogP contribution in [0.2, 0.25) is 0 Å². The first-order valence-corrected chi connectivity index (χ1v) is 5.91. The molecular formula is C13H19FN2O. The zero-order chi connectivity index (χ0) is 12.5.